The predicted molar refractivity (Wildman–Crippen MR) is 102 cm³/mol. The molecule has 0 saturated heterocycles. The SMILES string of the molecule is COc1ccc(Cl)cc1NC(=O)C(C)OC(=O)COc1cccc(Br)c1. The molecule has 0 aliphatic rings. The maximum atomic E-state index is 12.2. The third kappa shape index (κ3) is 5.93. The number of esters is 1. The Morgan fingerprint density at radius 1 is 1.23 bits per heavy atom. The van der Waals surface area contributed by atoms with Crippen LogP contribution in [0.25, 0.3) is 0 Å². The molecule has 0 spiro atoms. The van der Waals surface area contributed by atoms with E-state index in [1.165, 1.54) is 14.0 Å². The molecule has 1 N–H and O–H groups in total. The highest BCUT2D eigenvalue weighted by molar-refractivity contribution is 9.10. The Morgan fingerprint density at radius 2 is 2.00 bits per heavy atom. The topological polar surface area (TPSA) is 73.9 Å². The summed E-state index contributed by atoms with van der Waals surface area (Å²) in [4.78, 5) is 24.1. The normalized spacial score (nSPS) is 11.4. The van der Waals surface area contributed by atoms with Gasteiger partial charge in [-0.2, -0.15) is 0 Å². The van der Waals surface area contributed by atoms with Crippen molar-refractivity contribution in [2.75, 3.05) is 19.0 Å². The fourth-order valence-electron chi connectivity index (χ4n) is 2.00. The Morgan fingerprint density at radius 3 is 2.69 bits per heavy atom. The molecular formula is C18H17BrClNO5. The molecule has 26 heavy (non-hydrogen) atoms. The summed E-state index contributed by atoms with van der Waals surface area (Å²) < 4.78 is 16.4. The average molecular weight is 443 g/mol. The number of halogens is 2. The van der Waals surface area contributed by atoms with Gasteiger partial charge in [0, 0.05) is 9.50 Å². The van der Waals surface area contributed by atoms with E-state index in [4.69, 9.17) is 25.8 Å². The van der Waals surface area contributed by atoms with Crippen molar-refractivity contribution in [3.63, 3.8) is 0 Å². The van der Waals surface area contributed by atoms with E-state index in [1.54, 1.807) is 36.4 Å². The number of benzene rings is 2. The van der Waals surface area contributed by atoms with E-state index < -0.39 is 18.0 Å². The summed E-state index contributed by atoms with van der Waals surface area (Å²) in [5, 5.41) is 3.05. The number of amides is 1. The van der Waals surface area contributed by atoms with Crippen LogP contribution >= 0.6 is 27.5 Å². The predicted octanol–water partition coefficient (Wildman–Crippen LogP) is 4.06. The molecule has 0 aliphatic carbocycles. The molecule has 138 valence electrons. The second kappa shape index (κ2) is 9.45. The van der Waals surface area contributed by atoms with Gasteiger partial charge in [0.2, 0.25) is 0 Å². The second-order valence-corrected chi connectivity index (χ2v) is 6.56. The molecule has 0 heterocycles. The number of anilines is 1. The minimum absolute atomic E-state index is 0.311. The number of ether oxygens (including phenoxy) is 3. The first-order valence-corrected chi connectivity index (χ1v) is 8.78. The van der Waals surface area contributed by atoms with Gasteiger partial charge < -0.3 is 19.5 Å². The highest BCUT2D eigenvalue weighted by atomic mass is 79.9. The van der Waals surface area contributed by atoms with Gasteiger partial charge in [-0.15, -0.1) is 0 Å². The van der Waals surface area contributed by atoms with Crippen LogP contribution in [0, 0.1) is 0 Å². The molecule has 0 aromatic heterocycles. The first-order chi connectivity index (χ1) is 12.4. The van der Waals surface area contributed by atoms with E-state index in [0.29, 0.717) is 22.2 Å². The van der Waals surface area contributed by atoms with Gasteiger partial charge in [-0.1, -0.05) is 33.6 Å². The minimum Gasteiger partial charge on any atom is -0.495 e. The van der Waals surface area contributed by atoms with E-state index in [1.807, 2.05) is 6.07 Å². The number of hydrogen-bond acceptors (Lipinski definition) is 5. The van der Waals surface area contributed by atoms with Gasteiger partial charge >= 0.3 is 5.97 Å². The van der Waals surface area contributed by atoms with Crippen LogP contribution in [0.1, 0.15) is 6.92 Å². The molecule has 2 aromatic rings. The molecule has 2 aromatic carbocycles. The van der Waals surface area contributed by atoms with Gasteiger partial charge in [0.05, 0.1) is 12.8 Å². The monoisotopic (exact) mass is 441 g/mol. The van der Waals surface area contributed by atoms with Crippen molar-refractivity contribution in [3.05, 3.63) is 52.0 Å². The summed E-state index contributed by atoms with van der Waals surface area (Å²) >= 11 is 9.23. The van der Waals surface area contributed by atoms with Crippen molar-refractivity contribution in [2.24, 2.45) is 0 Å². The summed E-state index contributed by atoms with van der Waals surface area (Å²) in [6.45, 7) is 1.15. The second-order valence-electron chi connectivity index (χ2n) is 5.21. The lowest BCUT2D eigenvalue weighted by atomic mass is 10.2. The van der Waals surface area contributed by atoms with Crippen molar-refractivity contribution in [1.29, 1.82) is 0 Å². The summed E-state index contributed by atoms with van der Waals surface area (Å²) in [7, 11) is 1.47. The number of methoxy groups -OCH3 is 1. The van der Waals surface area contributed by atoms with Gasteiger partial charge in [-0.05, 0) is 43.3 Å². The van der Waals surface area contributed by atoms with Crippen LogP contribution in [0.4, 0.5) is 5.69 Å². The van der Waals surface area contributed by atoms with Gasteiger partial charge in [0.1, 0.15) is 11.5 Å². The Bertz CT molecular complexity index is 799. The Balaban J connectivity index is 1.88. The Labute approximate surface area is 164 Å². The summed E-state index contributed by atoms with van der Waals surface area (Å²) in [5.41, 5.74) is 0.387. The number of rotatable bonds is 7. The van der Waals surface area contributed by atoms with Crippen LogP contribution in [0.5, 0.6) is 11.5 Å². The van der Waals surface area contributed by atoms with Crippen LogP contribution in [-0.2, 0) is 14.3 Å². The Hall–Kier alpha value is -2.25. The molecule has 0 aliphatic heterocycles. The van der Waals surface area contributed by atoms with Gasteiger partial charge in [0.25, 0.3) is 5.91 Å². The van der Waals surface area contributed by atoms with E-state index in [-0.39, 0.29) is 6.61 Å². The number of hydrogen-bond donors (Lipinski definition) is 1. The molecule has 0 fully saturated rings. The van der Waals surface area contributed by atoms with E-state index in [2.05, 4.69) is 21.2 Å². The minimum atomic E-state index is -1.02. The van der Waals surface area contributed by atoms with Crippen LogP contribution < -0.4 is 14.8 Å². The quantitative estimate of drug-likeness (QED) is 0.655. The van der Waals surface area contributed by atoms with E-state index in [0.717, 1.165) is 4.47 Å². The van der Waals surface area contributed by atoms with Crippen molar-refractivity contribution in [1.82, 2.24) is 0 Å². The van der Waals surface area contributed by atoms with Gasteiger partial charge in [-0.3, -0.25) is 4.79 Å². The molecule has 1 amide bonds. The standard InChI is InChI=1S/C18H17BrClNO5/c1-11(18(23)21-15-9-13(20)6-7-16(15)24-2)26-17(22)10-25-14-5-3-4-12(19)8-14/h3-9,11H,10H2,1-2H3,(H,21,23). The fourth-order valence-corrected chi connectivity index (χ4v) is 2.55. The molecule has 1 unspecified atom stereocenters. The van der Waals surface area contributed by atoms with Crippen molar-refractivity contribution in [3.8, 4) is 11.5 Å². The third-order valence-electron chi connectivity index (χ3n) is 3.25. The largest absolute Gasteiger partial charge is 0.495 e. The van der Waals surface area contributed by atoms with Crippen molar-refractivity contribution >= 4 is 45.1 Å². The number of carbonyl (C=O) groups is 2. The zero-order chi connectivity index (χ0) is 19.1. The lowest BCUT2D eigenvalue weighted by Gasteiger charge is -2.15. The molecule has 6 nitrogen and oxygen atoms in total. The zero-order valence-corrected chi connectivity index (χ0v) is 16.5. The maximum absolute atomic E-state index is 12.2. The third-order valence-corrected chi connectivity index (χ3v) is 3.98. The van der Waals surface area contributed by atoms with Gasteiger partial charge in [-0.25, -0.2) is 4.79 Å². The fraction of sp³-hybridized carbons (Fsp3) is 0.222. The Kier molecular flexibility index (Phi) is 7.29. The van der Waals surface area contributed by atoms with Crippen LogP contribution in [0.2, 0.25) is 5.02 Å². The molecule has 2 rings (SSSR count). The van der Waals surface area contributed by atoms with Crippen LogP contribution in [0.15, 0.2) is 46.9 Å². The van der Waals surface area contributed by atoms with Crippen LogP contribution in [-0.4, -0.2) is 31.7 Å². The summed E-state index contributed by atoms with van der Waals surface area (Å²) in [5.74, 6) is -0.219. The first-order valence-electron chi connectivity index (χ1n) is 7.61. The lowest BCUT2D eigenvalue weighted by Crippen LogP contribution is -2.31. The van der Waals surface area contributed by atoms with Crippen LogP contribution in [0.3, 0.4) is 0 Å². The molecule has 0 bridgehead atoms. The lowest BCUT2D eigenvalue weighted by molar-refractivity contribution is -0.155. The smallest absolute Gasteiger partial charge is 0.344 e. The van der Waals surface area contributed by atoms with E-state index in [9.17, 15) is 9.59 Å². The van der Waals surface area contributed by atoms with Crippen molar-refractivity contribution in [2.45, 2.75) is 13.0 Å². The van der Waals surface area contributed by atoms with Crippen molar-refractivity contribution < 1.29 is 23.8 Å². The molecule has 1 atom stereocenters. The summed E-state index contributed by atoms with van der Waals surface area (Å²) in [6.07, 6.45) is -1.02. The molecule has 0 radical (unpaired) electrons. The van der Waals surface area contributed by atoms with Gasteiger partial charge in [0.15, 0.2) is 12.7 Å². The number of carbonyl (C=O) groups excluding carboxylic acids is 2. The first kappa shape index (κ1) is 20.1. The van der Waals surface area contributed by atoms with E-state index >= 15 is 0 Å². The number of nitrogens with one attached hydrogen (secondary N) is 1. The zero-order valence-electron chi connectivity index (χ0n) is 14.1. The molecular weight excluding hydrogens is 426 g/mol. The highest BCUT2D eigenvalue weighted by Crippen LogP contribution is 2.27. The summed E-state index contributed by atoms with van der Waals surface area (Å²) in [6, 6.07) is 11.8. The molecule has 8 heteroatoms. The molecule has 0 saturated carbocycles. The maximum Gasteiger partial charge on any atom is 0.344 e. The average Bonchev–Trinajstić information content (AvgIpc) is 2.60. The highest BCUT2D eigenvalue weighted by Gasteiger charge is 2.19.